The first-order valence-corrected chi connectivity index (χ1v) is 17.1. The summed E-state index contributed by atoms with van der Waals surface area (Å²) in [7, 11) is 0. The highest BCUT2D eigenvalue weighted by Gasteiger charge is 2.48. The van der Waals surface area contributed by atoms with Gasteiger partial charge in [-0.15, -0.1) is 0 Å². The molecule has 0 saturated heterocycles. The predicted octanol–water partition coefficient (Wildman–Crippen LogP) is 10.8. The molecule has 8 bridgehead atoms. The topological polar surface area (TPSA) is 0 Å². The monoisotopic (exact) mass is 497 g/mol. The number of fused-ring (bicyclic) bond motifs is 8. The summed E-state index contributed by atoms with van der Waals surface area (Å²) in [5.74, 6) is 17.4. The lowest BCUT2D eigenvalue weighted by Gasteiger charge is -2.50. The van der Waals surface area contributed by atoms with E-state index in [2.05, 4.69) is 55.4 Å². The third-order valence-electron chi connectivity index (χ3n) is 14.2. The first-order chi connectivity index (χ1) is 17.1. The van der Waals surface area contributed by atoms with E-state index in [1.807, 2.05) is 0 Å². The van der Waals surface area contributed by atoms with Gasteiger partial charge >= 0.3 is 0 Å². The average molecular weight is 497 g/mol. The fourth-order valence-corrected chi connectivity index (χ4v) is 11.8. The smallest absolute Gasteiger partial charge is 0.0357 e. The second-order valence-electron chi connectivity index (χ2n) is 16.6. The van der Waals surface area contributed by atoms with Crippen LogP contribution < -0.4 is 0 Å². The average Bonchev–Trinajstić information content (AvgIpc) is 3.58. The van der Waals surface area contributed by atoms with Gasteiger partial charge in [0.15, 0.2) is 0 Å². The van der Waals surface area contributed by atoms with Crippen LogP contribution >= 0.6 is 0 Å². The number of hydrogen-bond acceptors (Lipinski definition) is 0. The highest BCUT2D eigenvalue weighted by molar-refractivity contribution is 4.97. The van der Waals surface area contributed by atoms with Crippen LogP contribution in [-0.2, 0) is 0 Å². The zero-order valence-corrected chi connectivity index (χ0v) is 25.7. The molecular formula is C36H64. The number of rotatable bonds is 0. The zero-order valence-electron chi connectivity index (χ0n) is 25.7. The molecule has 10 atom stereocenters. The van der Waals surface area contributed by atoms with E-state index in [1.54, 1.807) is 25.7 Å². The molecule has 11 aliphatic rings. The van der Waals surface area contributed by atoms with E-state index in [0.717, 1.165) is 94.7 Å². The summed E-state index contributed by atoms with van der Waals surface area (Å²) in [5.41, 5.74) is 0. The molecule has 0 N–H and O–H groups in total. The van der Waals surface area contributed by atoms with E-state index >= 15 is 0 Å². The summed E-state index contributed by atoms with van der Waals surface area (Å²) < 4.78 is 0. The Balaban J connectivity index is 0.0000000990. The minimum atomic E-state index is 1.04. The van der Waals surface area contributed by atoms with Crippen molar-refractivity contribution in [3.8, 4) is 0 Å². The van der Waals surface area contributed by atoms with Crippen molar-refractivity contribution in [2.24, 2.45) is 94.7 Å². The van der Waals surface area contributed by atoms with Gasteiger partial charge in [0.05, 0.1) is 0 Å². The lowest BCUT2D eigenvalue weighted by atomic mass is 9.55. The zero-order chi connectivity index (χ0) is 25.7. The molecule has 36 heavy (non-hydrogen) atoms. The van der Waals surface area contributed by atoms with Gasteiger partial charge in [-0.2, -0.15) is 0 Å². The van der Waals surface area contributed by atoms with Crippen molar-refractivity contribution in [1.29, 1.82) is 0 Å². The third kappa shape index (κ3) is 5.64. The Bertz CT molecular complexity index is 669. The second-order valence-corrected chi connectivity index (χ2v) is 16.6. The summed E-state index contributed by atoms with van der Waals surface area (Å²) in [6.07, 6.45) is 18.5. The minimum Gasteiger partial charge on any atom is -0.0625 e. The van der Waals surface area contributed by atoms with Gasteiger partial charge in [-0.05, 0) is 165 Å². The Morgan fingerprint density at radius 2 is 0.833 bits per heavy atom. The van der Waals surface area contributed by atoms with Crippen LogP contribution in [0.3, 0.4) is 0 Å². The van der Waals surface area contributed by atoms with Crippen molar-refractivity contribution >= 4 is 0 Å². The molecule has 0 aromatic heterocycles. The summed E-state index contributed by atoms with van der Waals surface area (Å²) in [5, 5.41) is 0. The van der Waals surface area contributed by atoms with Gasteiger partial charge < -0.3 is 0 Å². The molecular weight excluding hydrogens is 432 g/mol. The molecule has 0 radical (unpaired) electrons. The van der Waals surface area contributed by atoms with Crippen molar-refractivity contribution in [3.63, 3.8) is 0 Å². The standard InChI is InChI=1S/C10H18.2C9H16.C8H14/c1-7-5-9-3-4-10(7)8(2)6-9;1-6-3-8-4-7(2)9(6)5-8;1-6-3-8-5-9(4-6)7(8)2;1-5-3-7-4-8(5)6(7)2/h7-10H,3-6H2,1-2H3;2*6-9H,3-5H2,1-2H3;5-8H,3-4H2,1-2H3. The second kappa shape index (κ2) is 11.2. The molecule has 0 heteroatoms. The Labute approximate surface area is 226 Å². The first kappa shape index (κ1) is 27.6. The van der Waals surface area contributed by atoms with Crippen molar-refractivity contribution in [2.45, 2.75) is 132 Å². The first-order valence-electron chi connectivity index (χ1n) is 17.1. The largest absolute Gasteiger partial charge is 0.0625 e. The summed E-state index contributed by atoms with van der Waals surface area (Å²) >= 11 is 0. The third-order valence-corrected chi connectivity index (χ3v) is 14.2. The van der Waals surface area contributed by atoms with E-state index in [9.17, 15) is 0 Å². The molecule has 11 aliphatic carbocycles. The summed E-state index contributed by atoms with van der Waals surface area (Å²) in [6.45, 7) is 19.4. The van der Waals surface area contributed by atoms with E-state index in [4.69, 9.17) is 0 Å². The van der Waals surface area contributed by atoms with Crippen LogP contribution in [0.15, 0.2) is 0 Å². The predicted molar refractivity (Wildman–Crippen MR) is 157 cm³/mol. The van der Waals surface area contributed by atoms with Gasteiger partial charge in [-0.3, -0.25) is 0 Å². The molecule has 0 heterocycles. The fraction of sp³-hybridized carbons (Fsp3) is 1.00. The van der Waals surface area contributed by atoms with E-state index in [-0.39, 0.29) is 0 Å². The Morgan fingerprint density at radius 1 is 0.333 bits per heavy atom. The Hall–Kier alpha value is 0. The van der Waals surface area contributed by atoms with Crippen LogP contribution in [0.5, 0.6) is 0 Å². The van der Waals surface area contributed by atoms with E-state index in [0.29, 0.717) is 0 Å². The maximum Gasteiger partial charge on any atom is -0.0357 e. The maximum atomic E-state index is 2.45. The van der Waals surface area contributed by atoms with Crippen LogP contribution in [0, 0.1) is 94.7 Å². The highest BCUT2D eigenvalue weighted by atomic mass is 14.5. The summed E-state index contributed by atoms with van der Waals surface area (Å²) in [4.78, 5) is 0. The fourth-order valence-electron chi connectivity index (χ4n) is 11.8. The van der Waals surface area contributed by atoms with E-state index in [1.165, 1.54) is 51.4 Å². The highest BCUT2D eigenvalue weighted by Crippen LogP contribution is 2.56. The quantitative estimate of drug-likeness (QED) is 0.313. The molecule has 11 fully saturated rings. The van der Waals surface area contributed by atoms with Gasteiger partial charge in [0, 0.05) is 0 Å². The number of hydrogen-bond donors (Lipinski definition) is 0. The van der Waals surface area contributed by atoms with Crippen LogP contribution in [0.25, 0.3) is 0 Å². The minimum absolute atomic E-state index is 1.04. The lowest BCUT2D eigenvalue weighted by molar-refractivity contribution is -0.00154. The molecule has 10 unspecified atom stereocenters. The normalized spacial score (nSPS) is 56.7. The molecule has 208 valence electrons. The Morgan fingerprint density at radius 3 is 1.08 bits per heavy atom. The van der Waals surface area contributed by atoms with Crippen molar-refractivity contribution in [3.05, 3.63) is 0 Å². The van der Waals surface area contributed by atoms with Crippen LogP contribution in [0.1, 0.15) is 132 Å². The van der Waals surface area contributed by atoms with Gasteiger partial charge in [-0.25, -0.2) is 0 Å². The van der Waals surface area contributed by atoms with Crippen LogP contribution in [-0.4, -0.2) is 0 Å². The van der Waals surface area contributed by atoms with Gasteiger partial charge in [0.25, 0.3) is 0 Å². The van der Waals surface area contributed by atoms with E-state index < -0.39 is 0 Å². The van der Waals surface area contributed by atoms with Crippen LogP contribution in [0.2, 0.25) is 0 Å². The van der Waals surface area contributed by atoms with Gasteiger partial charge in [0.1, 0.15) is 0 Å². The SMILES string of the molecule is CC1CC2CC(C)C1C2.CC1CC2CC(C1)C2C.CC1CC2CC1C2C.CC1CC2CCC1C(C)C2. The molecule has 0 aliphatic heterocycles. The van der Waals surface area contributed by atoms with Crippen molar-refractivity contribution in [1.82, 2.24) is 0 Å². The lowest BCUT2D eigenvalue weighted by Crippen LogP contribution is -2.41. The molecule has 0 aromatic carbocycles. The molecule has 0 nitrogen and oxygen atoms in total. The van der Waals surface area contributed by atoms with Gasteiger partial charge in [-0.1, -0.05) is 61.8 Å². The molecule has 0 aromatic rings. The molecule has 0 amide bonds. The Kier molecular flexibility index (Phi) is 8.60. The molecule has 11 saturated carbocycles. The summed E-state index contributed by atoms with van der Waals surface area (Å²) in [6, 6.07) is 0. The maximum absolute atomic E-state index is 2.45. The van der Waals surface area contributed by atoms with Crippen molar-refractivity contribution in [2.75, 3.05) is 0 Å². The van der Waals surface area contributed by atoms with Crippen molar-refractivity contribution < 1.29 is 0 Å². The van der Waals surface area contributed by atoms with Gasteiger partial charge in [0.2, 0.25) is 0 Å². The molecule has 11 rings (SSSR count). The van der Waals surface area contributed by atoms with Crippen LogP contribution in [0.4, 0.5) is 0 Å². The molecule has 0 spiro atoms.